The highest BCUT2D eigenvalue weighted by Crippen LogP contribution is 2.19. The van der Waals surface area contributed by atoms with Crippen molar-refractivity contribution in [1.82, 2.24) is 5.32 Å². The van der Waals surface area contributed by atoms with Gasteiger partial charge in [0, 0.05) is 6.42 Å². The summed E-state index contributed by atoms with van der Waals surface area (Å²) in [5.41, 5.74) is 0. The maximum atomic E-state index is 13.3. The van der Waals surface area contributed by atoms with Gasteiger partial charge in [0.1, 0.15) is 6.10 Å². The van der Waals surface area contributed by atoms with Crippen LogP contribution in [0.15, 0.2) is 36.5 Å². The molecule has 0 spiro atoms. The SMILES string of the molecule is CCCCCCC/C=C/C=C/C=C/CCCCCC(CC(=O)NC(CO)C(O)CCCCCCCCCCCCCCCC)OC(=O)CCCCCCCCCCCCCCCCCCCCC. The van der Waals surface area contributed by atoms with Gasteiger partial charge in [-0.05, 0) is 51.4 Å². The van der Waals surface area contributed by atoms with Crippen LogP contribution in [-0.2, 0) is 14.3 Å². The number of allylic oxidation sites excluding steroid dienone is 6. The van der Waals surface area contributed by atoms with Crippen molar-refractivity contribution >= 4 is 11.9 Å². The summed E-state index contributed by atoms with van der Waals surface area (Å²) >= 11 is 0. The molecule has 0 bridgehead atoms. The second kappa shape index (κ2) is 56.0. The first-order valence-electron chi connectivity index (χ1n) is 30.2. The monoisotopic (exact) mass is 956 g/mol. The number of unbranched alkanes of at least 4 members (excludes halogenated alkanes) is 39. The molecule has 0 saturated heterocycles. The van der Waals surface area contributed by atoms with Crippen molar-refractivity contribution in [2.45, 2.75) is 341 Å². The van der Waals surface area contributed by atoms with Gasteiger partial charge in [0.05, 0.1) is 25.2 Å². The summed E-state index contributed by atoms with van der Waals surface area (Å²) in [5.74, 6) is -0.489. The third-order valence-electron chi connectivity index (χ3n) is 14.0. The topological polar surface area (TPSA) is 95.9 Å². The highest BCUT2D eigenvalue weighted by atomic mass is 16.5. The second-order valence-corrected chi connectivity index (χ2v) is 20.8. The van der Waals surface area contributed by atoms with E-state index in [0.717, 1.165) is 70.6 Å². The number of aliphatic hydroxyl groups is 2. The molecule has 1 amide bonds. The zero-order valence-electron chi connectivity index (χ0n) is 45.8. The molecule has 6 heteroatoms. The van der Waals surface area contributed by atoms with Gasteiger partial charge in [-0.15, -0.1) is 0 Å². The maximum absolute atomic E-state index is 13.3. The zero-order valence-corrected chi connectivity index (χ0v) is 45.8. The summed E-state index contributed by atoms with van der Waals surface area (Å²) in [6.45, 7) is 6.50. The standard InChI is InChI=1S/C62H117NO5/c1-4-7-10-13-16-19-22-25-28-30-31-32-34-37-40-43-46-49-52-55-62(67)68-58(53-50-47-44-41-38-35-33-29-26-23-20-17-14-11-8-5-2)56-61(66)63-59(57-64)60(65)54-51-48-45-42-39-36-27-24-21-18-15-12-9-6-3/h23,26,29,33,35,38,58-60,64-65H,4-22,24-25,27-28,30-32,34,36-37,39-57H2,1-3H3,(H,63,66)/b26-23+,33-29+,38-35+. The number of nitrogens with one attached hydrogen (secondary N) is 1. The molecule has 68 heavy (non-hydrogen) atoms. The maximum Gasteiger partial charge on any atom is 0.306 e. The van der Waals surface area contributed by atoms with Crippen molar-refractivity contribution in [3.63, 3.8) is 0 Å². The van der Waals surface area contributed by atoms with E-state index in [4.69, 9.17) is 4.74 Å². The van der Waals surface area contributed by atoms with Crippen molar-refractivity contribution in [3.8, 4) is 0 Å². The molecule has 0 saturated carbocycles. The van der Waals surface area contributed by atoms with Crippen molar-refractivity contribution in [1.29, 1.82) is 0 Å². The molecule has 0 rings (SSSR count). The van der Waals surface area contributed by atoms with Crippen molar-refractivity contribution in [2.24, 2.45) is 0 Å². The summed E-state index contributed by atoms with van der Waals surface area (Å²) in [7, 11) is 0. The van der Waals surface area contributed by atoms with Crippen molar-refractivity contribution < 1.29 is 24.5 Å². The Morgan fingerprint density at radius 1 is 0.426 bits per heavy atom. The van der Waals surface area contributed by atoms with E-state index in [9.17, 15) is 19.8 Å². The average Bonchev–Trinajstić information content (AvgIpc) is 3.33. The molecular formula is C62H117NO5. The Bertz CT molecular complexity index is 1120. The molecule has 0 fully saturated rings. The Morgan fingerprint density at radius 2 is 0.750 bits per heavy atom. The lowest BCUT2D eigenvalue weighted by Gasteiger charge is -2.24. The van der Waals surface area contributed by atoms with Crippen LogP contribution in [0.4, 0.5) is 0 Å². The normalized spacial score (nSPS) is 13.3. The highest BCUT2D eigenvalue weighted by molar-refractivity contribution is 5.77. The van der Waals surface area contributed by atoms with Crippen LogP contribution < -0.4 is 5.32 Å². The lowest BCUT2D eigenvalue weighted by atomic mass is 10.0. The Balaban J connectivity index is 4.56. The van der Waals surface area contributed by atoms with Crippen molar-refractivity contribution in [3.05, 3.63) is 36.5 Å². The first-order chi connectivity index (χ1) is 33.5. The predicted molar refractivity (Wildman–Crippen MR) is 296 cm³/mol. The minimum atomic E-state index is -0.795. The number of hydrogen-bond acceptors (Lipinski definition) is 5. The Labute approximate surface area is 424 Å². The highest BCUT2D eigenvalue weighted by Gasteiger charge is 2.24. The van der Waals surface area contributed by atoms with E-state index in [0.29, 0.717) is 19.3 Å². The van der Waals surface area contributed by atoms with Gasteiger partial charge in [0.2, 0.25) is 5.91 Å². The van der Waals surface area contributed by atoms with Crippen LogP contribution in [0.3, 0.4) is 0 Å². The van der Waals surface area contributed by atoms with E-state index in [1.807, 2.05) is 0 Å². The van der Waals surface area contributed by atoms with Crippen LogP contribution in [0, 0.1) is 0 Å². The fourth-order valence-corrected chi connectivity index (χ4v) is 9.44. The average molecular weight is 957 g/mol. The first kappa shape index (κ1) is 66.1. The van der Waals surface area contributed by atoms with Crippen LogP contribution in [0.5, 0.6) is 0 Å². The molecule has 0 aromatic heterocycles. The van der Waals surface area contributed by atoms with E-state index in [1.165, 1.54) is 205 Å². The van der Waals surface area contributed by atoms with Crippen LogP contribution in [0.1, 0.15) is 323 Å². The van der Waals surface area contributed by atoms with Crippen LogP contribution in [0.25, 0.3) is 0 Å². The number of amides is 1. The Kier molecular flexibility index (Phi) is 54.4. The number of carbonyl (C=O) groups excluding carboxylic acids is 2. The molecule has 3 N–H and O–H groups in total. The van der Waals surface area contributed by atoms with E-state index in [1.54, 1.807) is 0 Å². The fraction of sp³-hybridized carbons (Fsp3) is 0.871. The summed E-state index contributed by atoms with van der Waals surface area (Å²) < 4.78 is 5.96. The number of rotatable bonds is 55. The van der Waals surface area contributed by atoms with E-state index < -0.39 is 18.2 Å². The molecule has 0 aliphatic heterocycles. The molecule has 0 aromatic rings. The molecule has 0 aliphatic rings. The molecule has 3 unspecified atom stereocenters. The van der Waals surface area contributed by atoms with Gasteiger partial charge < -0.3 is 20.3 Å². The molecular weight excluding hydrogens is 839 g/mol. The third-order valence-corrected chi connectivity index (χ3v) is 14.0. The van der Waals surface area contributed by atoms with Gasteiger partial charge in [-0.2, -0.15) is 0 Å². The van der Waals surface area contributed by atoms with E-state index in [2.05, 4.69) is 62.5 Å². The van der Waals surface area contributed by atoms with Gasteiger partial charge in [-0.3, -0.25) is 9.59 Å². The van der Waals surface area contributed by atoms with Crippen LogP contribution in [-0.4, -0.2) is 46.9 Å². The van der Waals surface area contributed by atoms with Crippen LogP contribution in [0.2, 0.25) is 0 Å². The first-order valence-corrected chi connectivity index (χ1v) is 30.2. The minimum Gasteiger partial charge on any atom is -0.462 e. The molecule has 0 aromatic carbocycles. The number of carbonyl (C=O) groups is 2. The smallest absolute Gasteiger partial charge is 0.306 e. The lowest BCUT2D eigenvalue weighted by Crippen LogP contribution is -2.46. The predicted octanol–water partition coefficient (Wildman–Crippen LogP) is 18.8. The summed E-state index contributed by atoms with van der Waals surface area (Å²) in [4.78, 5) is 26.3. The van der Waals surface area contributed by atoms with Gasteiger partial charge in [-0.1, -0.05) is 295 Å². The Morgan fingerprint density at radius 3 is 1.13 bits per heavy atom. The number of aliphatic hydroxyl groups excluding tert-OH is 2. The van der Waals surface area contributed by atoms with Gasteiger partial charge in [0.15, 0.2) is 0 Å². The number of ether oxygens (including phenoxy) is 1. The van der Waals surface area contributed by atoms with Crippen LogP contribution >= 0.6 is 0 Å². The Hall–Kier alpha value is -1.92. The number of hydrogen-bond donors (Lipinski definition) is 3. The largest absolute Gasteiger partial charge is 0.462 e. The molecule has 400 valence electrons. The molecule has 0 radical (unpaired) electrons. The van der Waals surface area contributed by atoms with Gasteiger partial charge in [0.25, 0.3) is 0 Å². The third kappa shape index (κ3) is 50.5. The lowest BCUT2D eigenvalue weighted by molar-refractivity contribution is -0.151. The molecule has 0 aliphatic carbocycles. The molecule has 6 nitrogen and oxygen atoms in total. The van der Waals surface area contributed by atoms with Gasteiger partial charge >= 0.3 is 5.97 Å². The minimum absolute atomic E-state index is 0.0595. The summed E-state index contributed by atoms with van der Waals surface area (Å²) in [6.07, 6.45) is 67.9. The van der Waals surface area contributed by atoms with Crippen molar-refractivity contribution in [2.75, 3.05) is 6.61 Å². The van der Waals surface area contributed by atoms with E-state index >= 15 is 0 Å². The van der Waals surface area contributed by atoms with Gasteiger partial charge in [-0.25, -0.2) is 0 Å². The quantitative estimate of drug-likeness (QED) is 0.0321. The number of esters is 1. The zero-order chi connectivity index (χ0) is 49.5. The fourth-order valence-electron chi connectivity index (χ4n) is 9.44. The second-order valence-electron chi connectivity index (χ2n) is 20.8. The molecule has 3 atom stereocenters. The van der Waals surface area contributed by atoms with E-state index in [-0.39, 0.29) is 24.9 Å². The summed E-state index contributed by atoms with van der Waals surface area (Å²) in [6, 6.07) is -0.711. The summed E-state index contributed by atoms with van der Waals surface area (Å²) in [5, 5.41) is 23.9. The molecule has 0 heterocycles.